The molecule has 6 nitrogen and oxygen atoms in total. The van der Waals surface area contributed by atoms with Gasteiger partial charge in [-0.2, -0.15) is 0 Å². The molecule has 0 aliphatic heterocycles. The molecule has 0 atom stereocenters. The zero-order valence-corrected chi connectivity index (χ0v) is 16.9. The number of hydrogen-bond acceptors (Lipinski definition) is 4. The molecule has 2 aromatic rings. The minimum Gasteiger partial charge on any atom is -0.456 e. The van der Waals surface area contributed by atoms with E-state index in [0.29, 0.717) is 36.6 Å². The van der Waals surface area contributed by atoms with E-state index in [4.69, 9.17) is 4.74 Å². The number of esters is 1. The SMILES string of the molecule is CC(C)CCC(=O)OCC(=O)Nc1ccccc1C(=O)NCCc1ccccc1. The van der Waals surface area contributed by atoms with Gasteiger partial charge in [0.05, 0.1) is 11.3 Å². The standard InChI is InChI=1S/C23H28N2O4/c1-17(2)12-13-22(27)29-16-21(26)25-20-11-7-6-10-19(20)23(28)24-15-14-18-8-4-3-5-9-18/h3-11,17H,12-16H2,1-2H3,(H,24,28)(H,25,26). The molecule has 0 spiro atoms. The van der Waals surface area contributed by atoms with E-state index >= 15 is 0 Å². The zero-order valence-electron chi connectivity index (χ0n) is 16.9. The van der Waals surface area contributed by atoms with Crippen LogP contribution in [0.5, 0.6) is 0 Å². The summed E-state index contributed by atoms with van der Waals surface area (Å²) in [6.07, 6.45) is 1.71. The number of para-hydroxylation sites is 1. The lowest BCUT2D eigenvalue weighted by atomic mass is 10.1. The Morgan fingerprint density at radius 3 is 2.38 bits per heavy atom. The molecule has 2 amide bonds. The van der Waals surface area contributed by atoms with Crippen LogP contribution >= 0.6 is 0 Å². The Balaban J connectivity index is 1.84. The van der Waals surface area contributed by atoms with Gasteiger partial charge in [0.1, 0.15) is 0 Å². The highest BCUT2D eigenvalue weighted by atomic mass is 16.5. The topological polar surface area (TPSA) is 84.5 Å². The number of carbonyl (C=O) groups excluding carboxylic acids is 3. The molecule has 2 aromatic carbocycles. The van der Waals surface area contributed by atoms with E-state index in [1.54, 1.807) is 24.3 Å². The number of rotatable bonds is 10. The van der Waals surface area contributed by atoms with Gasteiger partial charge in [-0.05, 0) is 36.5 Å². The third-order valence-electron chi connectivity index (χ3n) is 4.28. The van der Waals surface area contributed by atoms with Crippen molar-refractivity contribution in [2.75, 3.05) is 18.5 Å². The molecule has 0 bridgehead atoms. The largest absolute Gasteiger partial charge is 0.456 e. The second-order valence-electron chi connectivity index (χ2n) is 7.18. The monoisotopic (exact) mass is 396 g/mol. The third-order valence-corrected chi connectivity index (χ3v) is 4.28. The van der Waals surface area contributed by atoms with Crippen molar-refractivity contribution in [2.45, 2.75) is 33.1 Å². The molecule has 0 fully saturated rings. The van der Waals surface area contributed by atoms with Crippen LogP contribution in [0.4, 0.5) is 5.69 Å². The summed E-state index contributed by atoms with van der Waals surface area (Å²) in [7, 11) is 0. The first-order valence-corrected chi connectivity index (χ1v) is 9.82. The highest BCUT2D eigenvalue weighted by Gasteiger charge is 2.14. The maximum Gasteiger partial charge on any atom is 0.306 e. The lowest BCUT2D eigenvalue weighted by Crippen LogP contribution is -2.28. The fourth-order valence-electron chi connectivity index (χ4n) is 2.66. The molecule has 2 rings (SSSR count). The molecule has 0 saturated heterocycles. The van der Waals surface area contributed by atoms with Crippen LogP contribution in [0.2, 0.25) is 0 Å². The number of nitrogens with one attached hydrogen (secondary N) is 2. The van der Waals surface area contributed by atoms with E-state index in [1.807, 2.05) is 44.2 Å². The number of ether oxygens (including phenoxy) is 1. The van der Waals surface area contributed by atoms with Crippen LogP contribution in [0, 0.1) is 5.92 Å². The van der Waals surface area contributed by atoms with Gasteiger partial charge in [0.25, 0.3) is 11.8 Å². The first-order valence-electron chi connectivity index (χ1n) is 9.82. The average Bonchev–Trinajstić information content (AvgIpc) is 2.72. The average molecular weight is 396 g/mol. The summed E-state index contributed by atoms with van der Waals surface area (Å²) >= 11 is 0. The van der Waals surface area contributed by atoms with Gasteiger partial charge in [-0.25, -0.2) is 0 Å². The van der Waals surface area contributed by atoms with Gasteiger partial charge in [-0.1, -0.05) is 56.3 Å². The number of carbonyl (C=O) groups is 3. The highest BCUT2D eigenvalue weighted by Crippen LogP contribution is 2.15. The molecule has 0 aliphatic rings. The highest BCUT2D eigenvalue weighted by molar-refractivity contribution is 6.04. The van der Waals surface area contributed by atoms with Gasteiger partial charge in [-0.15, -0.1) is 0 Å². The van der Waals surface area contributed by atoms with Crippen molar-refractivity contribution in [2.24, 2.45) is 5.92 Å². The molecule has 6 heteroatoms. The van der Waals surface area contributed by atoms with Crippen molar-refractivity contribution in [3.63, 3.8) is 0 Å². The minimum atomic E-state index is -0.479. The van der Waals surface area contributed by atoms with E-state index in [9.17, 15) is 14.4 Å². The molecule has 154 valence electrons. The molecule has 2 N–H and O–H groups in total. The van der Waals surface area contributed by atoms with Gasteiger partial charge in [0.15, 0.2) is 6.61 Å². The van der Waals surface area contributed by atoms with Gasteiger partial charge in [0.2, 0.25) is 0 Å². The van der Waals surface area contributed by atoms with Crippen LogP contribution in [-0.2, 0) is 20.7 Å². The molecule has 29 heavy (non-hydrogen) atoms. The Hall–Kier alpha value is -3.15. The van der Waals surface area contributed by atoms with Crippen molar-refractivity contribution < 1.29 is 19.1 Å². The summed E-state index contributed by atoms with van der Waals surface area (Å²) in [5.41, 5.74) is 1.88. The Morgan fingerprint density at radius 2 is 1.66 bits per heavy atom. The second kappa shape index (κ2) is 11.6. The molecular weight excluding hydrogens is 368 g/mol. The van der Waals surface area contributed by atoms with Crippen molar-refractivity contribution >= 4 is 23.5 Å². The van der Waals surface area contributed by atoms with Crippen molar-refractivity contribution in [1.29, 1.82) is 0 Å². The summed E-state index contributed by atoms with van der Waals surface area (Å²) in [5.74, 6) is -0.761. The van der Waals surface area contributed by atoms with Crippen LogP contribution in [-0.4, -0.2) is 30.9 Å². The normalized spacial score (nSPS) is 10.4. The van der Waals surface area contributed by atoms with E-state index in [2.05, 4.69) is 10.6 Å². The van der Waals surface area contributed by atoms with Crippen LogP contribution in [0.1, 0.15) is 42.6 Å². The number of anilines is 1. The second-order valence-corrected chi connectivity index (χ2v) is 7.18. The molecular formula is C23H28N2O4. The van der Waals surface area contributed by atoms with Crippen LogP contribution in [0.15, 0.2) is 54.6 Å². The minimum absolute atomic E-state index is 0.272. The summed E-state index contributed by atoms with van der Waals surface area (Å²) in [5, 5.41) is 5.51. The van der Waals surface area contributed by atoms with E-state index in [0.717, 1.165) is 5.56 Å². The quantitative estimate of drug-likeness (QED) is 0.601. The van der Waals surface area contributed by atoms with E-state index < -0.39 is 11.9 Å². The summed E-state index contributed by atoms with van der Waals surface area (Å²) in [6, 6.07) is 16.6. The Labute approximate surface area is 171 Å². The van der Waals surface area contributed by atoms with Gasteiger partial charge >= 0.3 is 5.97 Å². The third kappa shape index (κ3) is 8.17. The lowest BCUT2D eigenvalue weighted by Gasteiger charge is -2.12. The maximum absolute atomic E-state index is 12.5. The Morgan fingerprint density at radius 1 is 0.966 bits per heavy atom. The van der Waals surface area contributed by atoms with Crippen molar-refractivity contribution in [1.82, 2.24) is 5.32 Å². The molecule has 0 unspecified atom stereocenters. The maximum atomic E-state index is 12.5. The van der Waals surface area contributed by atoms with Gasteiger partial charge < -0.3 is 15.4 Å². The fourth-order valence-corrected chi connectivity index (χ4v) is 2.66. The smallest absolute Gasteiger partial charge is 0.306 e. The van der Waals surface area contributed by atoms with E-state index in [1.165, 1.54) is 0 Å². The molecule has 0 aliphatic carbocycles. The molecule has 0 radical (unpaired) electrons. The van der Waals surface area contributed by atoms with Crippen LogP contribution in [0.3, 0.4) is 0 Å². The fraction of sp³-hybridized carbons (Fsp3) is 0.348. The van der Waals surface area contributed by atoms with Gasteiger partial charge in [0, 0.05) is 13.0 Å². The Bertz CT molecular complexity index is 819. The van der Waals surface area contributed by atoms with E-state index in [-0.39, 0.29) is 18.9 Å². The van der Waals surface area contributed by atoms with Crippen LogP contribution < -0.4 is 10.6 Å². The summed E-state index contributed by atoms with van der Waals surface area (Å²) < 4.78 is 4.99. The molecule has 0 aromatic heterocycles. The molecule has 0 heterocycles. The van der Waals surface area contributed by atoms with Gasteiger partial charge in [-0.3, -0.25) is 14.4 Å². The van der Waals surface area contributed by atoms with Crippen molar-refractivity contribution in [3.05, 3.63) is 65.7 Å². The first kappa shape index (κ1) is 22.1. The number of amides is 2. The predicted molar refractivity (Wildman–Crippen MR) is 113 cm³/mol. The van der Waals surface area contributed by atoms with Crippen LogP contribution in [0.25, 0.3) is 0 Å². The lowest BCUT2D eigenvalue weighted by molar-refractivity contribution is -0.147. The summed E-state index contributed by atoms with van der Waals surface area (Å²) in [4.78, 5) is 36.3. The predicted octanol–water partition coefficient (Wildman–Crippen LogP) is 3.58. The zero-order chi connectivity index (χ0) is 21.1. The Kier molecular flexibility index (Phi) is 8.89. The molecule has 0 saturated carbocycles. The number of benzene rings is 2. The number of hydrogen-bond donors (Lipinski definition) is 2. The first-order chi connectivity index (χ1) is 14.0. The van der Waals surface area contributed by atoms with Crippen molar-refractivity contribution in [3.8, 4) is 0 Å². The summed E-state index contributed by atoms with van der Waals surface area (Å²) in [6.45, 7) is 4.14.